The van der Waals surface area contributed by atoms with Crippen LogP contribution in [0.25, 0.3) is 0 Å². The molecule has 1 unspecified atom stereocenters. The van der Waals surface area contributed by atoms with Crippen molar-refractivity contribution in [1.82, 2.24) is 14.7 Å². The Kier molecular flexibility index (Phi) is 7.15. The Morgan fingerprint density at radius 3 is 2.81 bits per heavy atom. The van der Waals surface area contributed by atoms with Crippen LogP contribution in [0.2, 0.25) is 0 Å². The molecule has 0 amide bonds. The van der Waals surface area contributed by atoms with Gasteiger partial charge in [0.2, 0.25) is 5.13 Å². The number of hydrogen-bond donors (Lipinski definition) is 4. The molecule has 1 aromatic carbocycles. The van der Waals surface area contributed by atoms with E-state index in [9.17, 15) is 8.60 Å². The van der Waals surface area contributed by atoms with Gasteiger partial charge < -0.3 is 16.4 Å². The first-order chi connectivity index (χ1) is 13.0. The van der Waals surface area contributed by atoms with Gasteiger partial charge in [0, 0.05) is 34.6 Å². The molecule has 148 valence electrons. The number of halogens is 2. The highest BCUT2D eigenvalue weighted by Crippen LogP contribution is 2.31. The van der Waals surface area contributed by atoms with Crippen LogP contribution in [0.1, 0.15) is 25.7 Å². The summed E-state index contributed by atoms with van der Waals surface area (Å²) in [4.78, 5) is 3.94. The van der Waals surface area contributed by atoms with E-state index < -0.39 is 16.8 Å². The summed E-state index contributed by atoms with van der Waals surface area (Å²) in [6.45, 7) is 2.52. The molecule has 7 nitrogen and oxygen atoms in total. The first-order valence-corrected chi connectivity index (χ1v) is 11.4. The normalized spacial score (nSPS) is 16.1. The number of nitrogens with one attached hydrogen (secondary N) is 3. The van der Waals surface area contributed by atoms with E-state index in [0.717, 1.165) is 56.9 Å². The van der Waals surface area contributed by atoms with E-state index in [-0.39, 0.29) is 10.4 Å². The van der Waals surface area contributed by atoms with Crippen molar-refractivity contribution in [2.75, 3.05) is 29.7 Å². The van der Waals surface area contributed by atoms with Gasteiger partial charge in [0.25, 0.3) is 0 Å². The fourth-order valence-electron chi connectivity index (χ4n) is 2.43. The zero-order valence-corrected chi connectivity index (χ0v) is 17.9. The van der Waals surface area contributed by atoms with E-state index in [1.54, 1.807) is 0 Å². The number of hydrogen-bond acceptors (Lipinski definition) is 7. The lowest BCUT2D eigenvalue weighted by molar-refractivity contribution is 0.552. The van der Waals surface area contributed by atoms with Crippen molar-refractivity contribution in [1.29, 1.82) is 0 Å². The van der Waals surface area contributed by atoms with Gasteiger partial charge in [0.1, 0.15) is 12.1 Å². The highest BCUT2D eigenvalue weighted by molar-refractivity contribution is 9.10. The Labute approximate surface area is 172 Å². The third-order valence-corrected chi connectivity index (χ3v) is 6.68. The number of unbranched alkanes of at least 4 members (excludes halogenated alkanes) is 1. The Morgan fingerprint density at radius 2 is 2.11 bits per heavy atom. The minimum atomic E-state index is -1.75. The number of rotatable bonds is 11. The van der Waals surface area contributed by atoms with Crippen molar-refractivity contribution in [3.63, 3.8) is 0 Å². The number of benzene rings is 1. The molecule has 1 aliphatic carbocycles. The lowest BCUT2D eigenvalue weighted by atomic mass is 10.2. The molecule has 0 bridgehead atoms. The van der Waals surface area contributed by atoms with Crippen molar-refractivity contribution in [2.24, 2.45) is 5.73 Å². The highest BCUT2D eigenvalue weighted by atomic mass is 79.9. The molecule has 1 heterocycles. The van der Waals surface area contributed by atoms with Crippen LogP contribution in [0, 0.1) is 5.82 Å². The van der Waals surface area contributed by atoms with Crippen LogP contribution < -0.4 is 21.1 Å². The summed E-state index contributed by atoms with van der Waals surface area (Å²) in [5.41, 5.74) is 6.69. The molecule has 27 heavy (non-hydrogen) atoms. The summed E-state index contributed by atoms with van der Waals surface area (Å²) in [7, 11) is -1.75. The molecular weight excluding hydrogens is 455 g/mol. The van der Waals surface area contributed by atoms with Crippen molar-refractivity contribution in [3.05, 3.63) is 28.7 Å². The zero-order valence-electron chi connectivity index (χ0n) is 14.6. The molecule has 0 saturated heterocycles. The molecule has 1 fully saturated rings. The molecule has 1 saturated carbocycles. The summed E-state index contributed by atoms with van der Waals surface area (Å²) in [6.07, 6.45) is 5.53. The average Bonchev–Trinajstić information content (AvgIpc) is 3.14. The number of nitrogens with zero attached hydrogens (tertiary/aromatic N) is 2. The first kappa shape index (κ1) is 20.6. The monoisotopic (exact) mass is 476 g/mol. The van der Waals surface area contributed by atoms with Gasteiger partial charge >= 0.3 is 0 Å². The molecule has 3 rings (SSSR count). The molecule has 0 spiro atoms. The minimum Gasteiger partial charge on any atom is -0.384 e. The van der Waals surface area contributed by atoms with Gasteiger partial charge in [0.05, 0.1) is 10.6 Å². The Balaban J connectivity index is 1.44. The maximum atomic E-state index is 14.4. The molecule has 1 aromatic heterocycles. The molecule has 11 heteroatoms. The quantitative estimate of drug-likeness (QED) is 0.371. The second kappa shape index (κ2) is 9.37. The van der Waals surface area contributed by atoms with E-state index in [4.69, 9.17) is 5.73 Å². The molecule has 0 aliphatic heterocycles. The highest BCUT2D eigenvalue weighted by Gasteiger charge is 2.37. The van der Waals surface area contributed by atoms with Crippen molar-refractivity contribution in [2.45, 2.75) is 36.1 Å². The van der Waals surface area contributed by atoms with Gasteiger partial charge in [-0.15, -0.1) is 0 Å². The largest absolute Gasteiger partial charge is 0.384 e. The SMILES string of the molecule is NC1(CNCCCCNc2cc(F)c(S(=O)Nc3ncns3)cc2Br)CC1. The van der Waals surface area contributed by atoms with E-state index >= 15 is 0 Å². The smallest absolute Gasteiger partial charge is 0.214 e. The number of anilines is 2. The predicted octanol–water partition coefficient (Wildman–Crippen LogP) is 2.85. The Hall–Kier alpha value is -1.14. The standard InChI is InChI=1S/C16H22BrFN6OS2/c17-11-7-14(27(25)24-15-22-10-23-26-15)12(18)8-13(11)21-6-2-1-5-20-9-16(19)3-4-16/h7-8,10,20-21H,1-6,9,19H2,(H,22,23,24). The van der Waals surface area contributed by atoms with Crippen LogP contribution >= 0.6 is 27.5 Å². The van der Waals surface area contributed by atoms with Gasteiger partial charge in [-0.25, -0.2) is 13.6 Å². The van der Waals surface area contributed by atoms with E-state index in [0.29, 0.717) is 15.3 Å². The van der Waals surface area contributed by atoms with Crippen molar-refractivity contribution < 1.29 is 8.60 Å². The minimum absolute atomic E-state index is 0.0351. The Morgan fingerprint density at radius 1 is 1.33 bits per heavy atom. The molecule has 0 radical (unpaired) electrons. The first-order valence-electron chi connectivity index (χ1n) is 8.64. The maximum Gasteiger partial charge on any atom is 0.214 e. The fraction of sp³-hybridized carbons (Fsp3) is 0.500. The van der Waals surface area contributed by atoms with Crippen LogP contribution in [0.4, 0.5) is 15.2 Å². The molecule has 1 atom stereocenters. The predicted molar refractivity (Wildman–Crippen MR) is 111 cm³/mol. The van der Waals surface area contributed by atoms with Gasteiger partial charge in [-0.2, -0.15) is 4.37 Å². The average molecular weight is 477 g/mol. The fourth-order valence-corrected chi connectivity index (χ4v) is 4.51. The van der Waals surface area contributed by atoms with E-state index in [2.05, 4.69) is 40.6 Å². The summed E-state index contributed by atoms with van der Waals surface area (Å²) in [5.74, 6) is -0.546. The molecule has 2 aromatic rings. The lowest BCUT2D eigenvalue weighted by Gasteiger charge is -2.12. The van der Waals surface area contributed by atoms with E-state index in [1.807, 2.05) is 0 Å². The van der Waals surface area contributed by atoms with Crippen LogP contribution in [0.15, 0.2) is 27.8 Å². The Bertz CT molecular complexity index is 787. The van der Waals surface area contributed by atoms with E-state index in [1.165, 1.54) is 18.5 Å². The van der Waals surface area contributed by atoms with Crippen molar-refractivity contribution in [3.8, 4) is 0 Å². The number of aromatic nitrogens is 2. The van der Waals surface area contributed by atoms with Gasteiger partial charge in [-0.3, -0.25) is 4.72 Å². The summed E-state index contributed by atoms with van der Waals surface area (Å²) >= 11 is 4.47. The van der Waals surface area contributed by atoms with Gasteiger partial charge in [-0.05, 0) is 60.3 Å². The third kappa shape index (κ3) is 6.18. The molecule has 5 N–H and O–H groups in total. The van der Waals surface area contributed by atoms with Crippen molar-refractivity contribution >= 4 is 49.3 Å². The topological polar surface area (TPSA) is 105 Å². The molecular formula is C16H22BrFN6OS2. The second-order valence-corrected chi connectivity index (χ2v) is 9.37. The summed E-state index contributed by atoms with van der Waals surface area (Å²) in [6, 6.07) is 2.86. The maximum absolute atomic E-state index is 14.4. The van der Waals surface area contributed by atoms with Gasteiger partial charge in [0.15, 0.2) is 11.0 Å². The molecule has 1 aliphatic rings. The summed E-state index contributed by atoms with van der Waals surface area (Å²) in [5, 5.41) is 6.96. The number of nitrogens with two attached hydrogens (primary N) is 1. The third-order valence-electron chi connectivity index (χ3n) is 4.23. The van der Waals surface area contributed by atoms with Gasteiger partial charge in [-0.1, -0.05) is 0 Å². The van der Waals surface area contributed by atoms with Crippen LogP contribution in [-0.2, 0) is 11.0 Å². The second-order valence-electron chi connectivity index (χ2n) is 6.55. The van der Waals surface area contributed by atoms with Crippen LogP contribution in [0.5, 0.6) is 0 Å². The van der Waals surface area contributed by atoms with Crippen LogP contribution in [0.3, 0.4) is 0 Å². The lowest BCUT2D eigenvalue weighted by Crippen LogP contribution is -2.36. The zero-order chi connectivity index (χ0) is 19.3. The van der Waals surface area contributed by atoms with Crippen LogP contribution in [-0.4, -0.2) is 38.7 Å². The summed E-state index contributed by atoms with van der Waals surface area (Å²) < 4.78 is 33.7.